The summed E-state index contributed by atoms with van der Waals surface area (Å²) in [7, 11) is 0. The maximum Gasteiger partial charge on any atom is 0.128 e. The van der Waals surface area contributed by atoms with Gasteiger partial charge in [0.15, 0.2) is 0 Å². The monoisotopic (exact) mass is 174 g/mol. The molecule has 0 amide bonds. The number of piperidine rings is 1. The molecule has 1 aliphatic carbocycles. The molecule has 0 aromatic carbocycles. The summed E-state index contributed by atoms with van der Waals surface area (Å²) in [5.41, 5.74) is 1.24. The Bertz CT molecular complexity index is 307. The number of aryl methyl sites for hydroxylation is 1. The highest BCUT2D eigenvalue weighted by molar-refractivity contribution is 5.42. The van der Waals surface area contributed by atoms with E-state index in [0.717, 1.165) is 17.7 Å². The molecule has 2 atom stereocenters. The van der Waals surface area contributed by atoms with Gasteiger partial charge >= 0.3 is 0 Å². The standard InChI is InChI=1S/C11H14N2/c1-8-2-3-11(12-5-8)13-6-9-4-10(9)7-13/h2-3,5,9-10H,4,6-7H2,1H3. The summed E-state index contributed by atoms with van der Waals surface area (Å²) in [6.07, 6.45) is 3.42. The van der Waals surface area contributed by atoms with E-state index < -0.39 is 0 Å². The second kappa shape index (κ2) is 2.47. The van der Waals surface area contributed by atoms with Crippen molar-refractivity contribution < 1.29 is 0 Å². The van der Waals surface area contributed by atoms with Gasteiger partial charge in [0, 0.05) is 19.3 Å². The predicted molar refractivity (Wildman–Crippen MR) is 52.8 cm³/mol. The summed E-state index contributed by atoms with van der Waals surface area (Å²) in [5.74, 6) is 3.14. The van der Waals surface area contributed by atoms with Crippen molar-refractivity contribution in [3.8, 4) is 0 Å². The Labute approximate surface area is 78.6 Å². The molecule has 2 nitrogen and oxygen atoms in total. The Morgan fingerprint density at radius 2 is 2.08 bits per heavy atom. The molecule has 1 aliphatic heterocycles. The number of anilines is 1. The molecule has 1 saturated carbocycles. The third kappa shape index (κ3) is 1.21. The van der Waals surface area contributed by atoms with Gasteiger partial charge in [0.25, 0.3) is 0 Å². The summed E-state index contributed by atoms with van der Waals surface area (Å²) in [4.78, 5) is 6.86. The maximum absolute atomic E-state index is 4.44. The number of pyridine rings is 1. The number of nitrogens with zero attached hydrogens (tertiary/aromatic N) is 2. The van der Waals surface area contributed by atoms with Crippen LogP contribution >= 0.6 is 0 Å². The van der Waals surface area contributed by atoms with Gasteiger partial charge in [0.05, 0.1) is 0 Å². The first-order valence-electron chi connectivity index (χ1n) is 5.00. The van der Waals surface area contributed by atoms with Gasteiger partial charge in [-0.15, -0.1) is 0 Å². The molecule has 1 saturated heterocycles. The third-order valence-corrected chi connectivity index (χ3v) is 3.20. The predicted octanol–water partition coefficient (Wildman–Crippen LogP) is 1.85. The zero-order chi connectivity index (χ0) is 8.84. The van der Waals surface area contributed by atoms with Crippen LogP contribution in [0, 0.1) is 18.8 Å². The van der Waals surface area contributed by atoms with E-state index >= 15 is 0 Å². The first-order valence-corrected chi connectivity index (χ1v) is 5.00. The molecule has 0 spiro atoms. The van der Waals surface area contributed by atoms with Gasteiger partial charge in [0.2, 0.25) is 0 Å². The minimum atomic E-state index is 0.989. The molecule has 2 aliphatic rings. The van der Waals surface area contributed by atoms with E-state index in [1.54, 1.807) is 0 Å². The molecule has 2 heterocycles. The van der Waals surface area contributed by atoms with Crippen molar-refractivity contribution in [2.75, 3.05) is 18.0 Å². The summed E-state index contributed by atoms with van der Waals surface area (Å²) < 4.78 is 0. The van der Waals surface area contributed by atoms with Gasteiger partial charge in [0.1, 0.15) is 5.82 Å². The fraction of sp³-hybridized carbons (Fsp3) is 0.545. The minimum Gasteiger partial charge on any atom is -0.356 e. The lowest BCUT2D eigenvalue weighted by Crippen LogP contribution is -2.22. The van der Waals surface area contributed by atoms with E-state index in [-0.39, 0.29) is 0 Å². The zero-order valence-electron chi connectivity index (χ0n) is 7.90. The third-order valence-electron chi connectivity index (χ3n) is 3.20. The topological polar surface area (TPSA) is 16.1 Å². The van der Waals surface area contributed by atoms with Crippen molar-refractivity contribution in [1.82, 2.24) is 4.98 Å². The average Bonchev–Trinajstić information content (AvgIpc) is 2.75. The van der Waals surface area contributed by atoms with Crippen molar-refractivity contribution in [3.63, 3.8) is 0 Å². The lowest BCUT2D eigenvalue weighted by molar-refractivity contribution is 0.805. The van der Waals surface area contributed by atoms with Crippen molar-refractivity contribution in [2.45, 2.75) is 13.3 Å². The molecule has 0 bridgehead atoms. The van der Waals surface area contributed by atoms with E-state index in [1.165, 1.54) is 25.1 Å². The Morgan fingerprint density at radius 1 is 1.31 bits per heavy atom. The highest BCUT2D eigenvalue weighted by Crippen LogP contribution is 2.45. The lowest BCUT2D eigenvalue weighted by atomic mass is 10.3. The molecule has 0 N–H and O–H groups in total. The van der Waals surface area contributed by atoms with Crippen LogP contribution in [0.4, 0.5) is 5.82 Å². The van der Waals surface area contributed by atoms with Gasteiger partial charge in [-0.1, -0.05) is 6.07 Å². The normalized spacial score (nSPS) is 30.4. The van der Waals surface area contributed by atoms with Gasteiger partial charge in [-0.05, 0) is 36.8 Å². The van der Waals surface area contributed by atoms with Crippen LogP contribution in [-0.4, -0.2) is 18.1 Å². The zero-order valence-corrected chi connectivity index (χ0v) is 7.90. The first kappa shape index (κ1) is 7.36. The average molecular weight is 174 g/mol. The van der Waals surface area contributed by atoms with Gasteiger partial charge in [-0.25, -0.2) is 4.98 Å². The second-order valence-electron chi connectivity index (χ2n) is 4.35. The van der Waals surface area contributed by atoms with Gasteiger partial charge in [-0.3, -0.25) is 0 Å². The maximum atomic E-state index is 4.44. The second-order valence-corrected chi connectivity index (χ2v) is 4.35. The summed E-state index contributed by atoms with van der Waals surface area (Å²) in [5, 5.41) is 0. The van der Waals surface area contributed by atoms with E-state index in [0.29, 0.717) is 0 Å². The van der Waals surface area contributed by atoms with Crippen LogP contribution in [0.1, 0.15) is 12.0 Å². The molecule has 2 heteroatoms. The van der Waals surface area contributed by atoms with E-state index in [9.17, 15) is 0 Å². The van der Waals surface area contributed by atoms with E-state index in [1.807, 2.05) is 6.20 Å². The quantitative estimate of drug-likeness (QED) is 0.646. The molecule has 1 aromatic rings. The van der Waals surface area contributed by atoms with E-state index in [2.05, 4.69) is 28.9 Å². The molecule has 3 rings (SSSR count). The van der Waals surface area contributed by atoms with Gasteiger partial charge in [-0.2, -0.15) is 0 Å². The van der Waals surface area contributed by atoms with Crippen LogP contribution in [0.25, 0.3) is 0 Å². The summed E-state index contributed by atoms with van der Waals surface area (Å²) in [6.45, 7) is 4.56. The molecule has 68 valence electrons. The Hall–Kier alpha value is -1.05. The number of fused-ring (bicyclic) bond motifs is 1. The number of hydrogen-bond donors (Lipinski definition) is 0. The molecule has 2 fully saturated rings. The highest BCUT2D eigenvalue weighted by atomic mass is 15.2. The summed E-state index contributed by atoms with van der Waals surface area (Å²) >= 11 is 0. The largest absolute Gasteiger partial charge is 0.356 e. The van der Waals surface area contributed by atoms with Crippen LogP contribution in [0.2, 0.25) is 0 Å². The van der Waals surface area contributed by atoms with Crippen LogP contribution in [0.5, 0.6) is 0 Å². The van der Waals surface area contributed by atoms with Gasteiger partial charge < -0.3 is 4.90 Å². The smallest absolute Gasteiger partial charge is 0.128 e. The fourth-order valence-electron chi connectivity index (χ4n) is 2.23. The number of hydrogen-bond acceptors (Lipinski definition) is 2. The van der Waals surface area contributed by atoms with Crippen molar-refractivity contribution in [2.24, 2.45) is 11.8 Å². The van der Waals surface area contributed by atoms with Crippen LogP contribution < -0.4 is 4.90 Å². The Morgan fingerprint density at radius 3 is 2.69 bits per heavy atom. The highest BCUT2D eigenvalue weighted by Gasteiger charge is 2.45. The molecule has 0 radical (unpaired) electrons. The van der Waals surface area contributed by atoms with Crippen LogP contribution in [0.3, 0.4) is 0 Å². The number of rotatable bonds is 1. The van der Waals surface area contributed by atoms with Crippen molar-refractivity contribution in [1.29, 1.82) is 0 Å². The van der Waals surface area contributed by atoms with Crippen LogP contribution in [0.15, 0.2) is 18.3 Å². The summed E-state index contributed by atoms with van der Waals surface area (Å²) in [6, 6.07) is 4.28. The minimum absolute atomic E-state index is 0.989. The Balaban J connectivity index is 1.81. The Kier molecular flexibility index (Phi) is 1.40. The number of aromatic nitrogens is 1. The molecular formula is C11H14N2. The van der Waals surface area contributed by atoms with E-state index in [4.69, 9.17) is 0 Å². The molecule has 2 unspecified atom stereocenters. The molecule has 13 heavy (non-hydrogen) atoms. The molecule has 1 aromatic heterocycles. The first-order chi connectivity index (χ1) is 6.33. The lowest BCUT2D eigenvalue weighted by Gasteiger charge is -2.18. The van der Waals surface area contributed by atoms with Crippen LogP contribution in [-0.2, 0) is 0 Å². The fourth-order valence-corrected chi connectivity index (χ4v) is 2.23. The SMILES string of the molecule is Cc1ccc(N2CC3CC3C2)nc1. The van der Waals surface area contributed by atoms with Crippen molar-refractivity contribution in [3.05, 3.63) is 23.9 Å². The molecular weight excluding hydrogens is 160 g/mol. The van der Waals surface area contributed by atoms with Crippen molar-refractivity contribution >= 4 is 5.82 Å².